The average molecular weight is 270 g/mol. The molecule has 0 saturated carbocycles. The van der Waals surface area contributed by atoms with E-state index in [1.165, 1.54) is 6.20 Å². The second-order valence-electron chi connectivity index (χ2n) is 4.39. The number of ether oxygens (including phenoxy) is 2. The van der Waals surface area contributed by atoms with Crippen LogP contribution in [-0.4, -0.2) is 39.3 Å². The lowest BCUT2D eigenvalue weighted by Crippen LogP contribution is -2.44. The molecule has 2 heterocycles. The lowest BCUT2D eigenvalue weighted by Gasteiger charge is -2.21. The van der Waals surface area contributed by atoms with Crippen LogP contribution in [0.15, 0.2) is 6.20 Å². The van der Waals surface area contributed by atoms with Gasteiger partial charge in [-0.25, -0.2) is 4.79 Å². The van der Waals surface area contributed by atoms with Crippen molar-refractivity contribution >= 4 is 11.9 Å². The van der Waals surface area contributed by atoms with Crippen molar-refractivity contribution in [1.29, 1.82) is 0 Å². The fourth-order valence-corrected chi connectivity index (χ4v) is 1.81. The van der Waals surface area contributed by atoms with Crippen molar-refractivity contribution in [3.05, 3.63) is 16.3 Å². The molecule has 0 aliphatic carbocycles. The average Bonchev–Trinajstić information content (AvgIpc) is 2.82. The Hall–Kier alpha value is -2.32. The van der Waals surface area contributed by atoms with E-state index in [9.17, 15) is 14.9 Å². The summed E-state index contributed by atoms with van der Waals surface area (Å²) in [6.07, 6.45) is 0.785. The summed E-state index contributed by atoms with van der Waals surface area (Å²) in [4.78, 5) is 24.9. The van der Waals surface area contributed by atoms with Gasteiger partial charge in [0.05, 0.1) is 19.7 Å². The van der Waals surface area contributed by atoms with Gasteiger partial charge in [-0.2, -0.15) is 0 Å². The molecule has 1 aromatic rings. The molecule has 0 bridgehead atoms. The van der Waals surface area contributed by atoms with Crippen molar-refractivity contribution in [1.82, 2.24) is 14.9 Å². The highest BCUT2D eigenvalue weighted by atomic mass is 16.6. The van der Waals surface area contributed by atoms with Crippen LogP contribution in [0.5, 0.6) is 6.01 Å². The summed E-state index contributed by atoms with van der Waals surface area (Å²) in [7, 11) is 0. The van der Waals surface area contributed by atoms with E-state index in [0.29, 0.717) is 6.54 Å². The summed E-state index contributed by atoms with van der Waals surface area (Å²) >= 11 is 0. The molecule has 1 aliphatic heterocycles. The normalized spacial score (nSPS) is 20.5. The molecule has 19 heavy (non-hydrogen) atoms. The molecule has 1 atom stereocenters. The number of hydrogen-bond donors (Lipinski definition) is 1. The summed E-state index contributed by atoms with van der Waals surface area (Å²) < 4.78 is 11.8. The van der Waals surface area contributed by atoms with Gasteiger partial charge in [-0.15, -0.1) is 0 Å². The first-order chi connectivity index (χ1) is 8.93. The number of amides is 1. The second kappa shape index (κ2) is 4.75. The van der Waals surface area contributed by atoms with Gasteiger partial charge >= 0.3 is 17.9 Å². The first kappa shape index (κ1) is 13.1. The zero-order valence-corrected chi connectivity index (χ0v) is 10.6. The van der Waals surface area contributed by atoms with Gasteiger partial charge in [0, 0.05) is 4.98 Å². The molecule has 1 N–H and O–H groups in total. The fourth-order valence-electron chi connectivity index (χ4n) is 1.81. The molecule has 1 unspecified atom stereocenters. The molecule has 9 heteroatoms. The van der Waals surface area contributed by atoms with Crippen LogP contribution in [0.25, 0.3) is 0 Å². The highest BCUT2D eigenvalue weighted by Crippen LogP contribution is 2.30. The van der Waals surface area contributed by atoms with Gasteiger partial charge < -0.3 is 24.9 Å². The zero-order chi connectivity index (χ0) is 14.0. The van der Waals surface area contributed by atoms with Crippen LogP contribution in [0.3, 0.4) is 0 Å². The van der Waals surface area contributed by atoms with Gasteiger partial charge in [0.25, 0.3) is 0 Å². The monoisotopic (exact) mass is 270 g/mol. The number of imidazole rings is 1. The number of hydrogen-bond acceptors (Lipinski definition) is 6. The second-order valence-corrected chi connectivity index (χ2v) is 4.39. The molecule has 0 fully saturated rings. The number of alkyl carbamates (subject to hydrolysis) is 1. The molecule has 0 spiro atoms. The number of carbonyl (C=O) groups excluding carboxylic acids is 1. The summed E-state index contributed by atoms with van der Waals surface area (Å²) in [5, 5.41) is 13.1. The number of carbonyl (C=O) groups is 1. The highest BCUT2D eigenvalue weighted by molar-refractivity contribution is 5.67. The molecule has 0 aromatic carbocycles. The number of nitrogens with one attached hydrogen (secondary N) is 1. The lowest BCUT2D eigenvalue weighted by atomic mass is 10.1. The van der Waals surface area contributed by atoms with E-state index in [-0.39, 0.29) is 25.0 Å². The summed E-state index contributed by atoms with van der Waals surface area (Å²) in [5.74, 6) is -0.254. The van der Waals surface area contributed by atoms with Gasteiger partial charge in [-0.3, -0.25) is 4.57 Å². The van der Waals surface area contributed by atoms with Gasteiger partial charge in [0.15, 0.2) is 0 Å². The number of nitro groups is 1. The van der Waals surface area contributed by atoms with Crippen molar-refractivity contribution in [2.45, 2.75) is 26.0 Å². The number of aromatic nitrogens is 2. The third kappa shape index (κ3) is 2.75. The predicted molar refractivity (Wildman–Crippen MR) is 62.9 cm³/mol. The molecule has 1 aromatic heterocycles. The maximum Gasteiger partial charge on any atom is 0.415 e. The lowest BCUT2D eigenvalue weighted by molar-refractivity contribution is -0.389. The largest absolute Gasteiger partial charge is 0.450 e. The van der Waals surface area contributed by atoms with Crippen LogP contribution in [-0.2, 0) is 11.3 Å². The Labute approximate surface area is 108 Å². The SMILES string of the molecule is CCOC(=O)NCC1(C)Cn2cc([N+](=O)[O-])nc2O1. The summed E-state index contributed by atoms with van der Waals surface area (Å²) in [6, 6.07) is 0.180. The van der Waals surface area contributed by atoms with Crippen LogP contribution in [0.2, 0.25) is 0 Å². The van der Waals surface area contributed by atoms with Gasteiger partial charge in [0.2, 0.25) is 0 Å². The molecule has 1 amide bonds. The molecule has 104 valence electrons. The number of nitrogens with zero attached hydrogens (tertiary/aromatic N) is 3. The van der Waals surface area contributed by atoms with Crippen molar-refractivity contribution in [3.8, 4) is 6.01 Å². The smallest absolute Gasteiger partial charge is 0.415 e. The summed E-state index contributed by atoms with van der Waals surface area (Å²) in [5.41, 5.74) is -0.690. The van der Waals surface area contributed by atoms with E-state index in [1.807, 2.05) is 0 Å². The minimum atomic E-state index is -0.690. The third-order valence-corrected chi connectivity index (χ3v) is 2.64. The molecule has 0 saturated heterocycles. The topological polar surface area (TPSA) is 109 Å². The predicted octanol–water partition coefficient (Wildman–Crippen LogP) is 0.688. The molecule has 0 radical (unpaired) electrons. The molecular formula is C10H14N4O5. The Kier molecular flexibility index (Phi) is 3.28. The van der Waals surface area contributed by atoms with E-state index >= 15 is 0 Å². The van der Waals surface area contributed by atoms with Gasteiger partial charge in [0.1, 0.15) is 11.8 Å². The molecule has 2 rings (SSSR count). The van der Waals surface area contributed by atoms with Gasteiger partial charge in [-0.1, -0.05) is 0 Å². The van der Waals surface area contributed by atoms with E-state index in [0.717, 1.165) is 0 Å². The molecule has 1 aliphatic rings. The van der Waals surface area contributed by atoms with Crippen LogP contribution in [0, 0.1) is 10.1 Å². The molecular weight excluding hydrogens is 256 g/mol. The highest BCUT2D eigenvalue weighted by Gasteiger charge is 2.40. The summed E-state index contributed by atoms with van der Waals surface area (Å²) in [6.45, 7) is 4.37. The Morgan fingerprint density at radius 2 is 2.53 bits per heavy atom. The van der Waals surface area contributed by atoms with Crippen molar-refractivity contribution in [2.75, 3.05) is 13.2 Å². The van der Waals surface area contributed by atoms with E-state index < -0.39 is 16.6 Å². The van der Waals surface area contributed by atoms with E-state index in [2.05, 4.69) is 10.3 Å². The van der Waals surface area contributed by atoms with Crippen molar-refractivity contribution < 1.29 is 19.2 Å². The first-order valence-corrected chi connectivity index (χ1v) is 5.75. The minimum absolute atomic E-state index is 0.180. The minimum Gasteiger partial charge on any atom is -0.450 e. The number of fused-ring (bicyclic) bond motifs is 1. The van der Waals surface area contributed by atoms with Crippen LogP contribution >= 0.6 is 0 Å². The van der Waals surface area contributed by atoms with E-state index in [4.69, 9.17) is 9.47 Å². The Morgan fingerprint density at radius 3 is 3.11 bits per heavy atom. The Bertz CT molecular complexity index is 489. The van der Waals surface area contributed by atoms with Crippen LogP contribution < -0.4 is 10.1 Å². The Balaban J connectivity index is 1.96. The van der Waals surface area contributed by atoms with Crippen molar-refractivity contribution in [2.24, 2.45) is 0 Å². The van der Waals surface area contributed by atoms with Crippen LogP contribution in [0.1, 0.15) is 13.8 Å². The standard InChI is InChI=1S/C10H14N4O5/c1-3-18-9(15)11-5-10(2)6-13-4-7(14(16)17)12-8(13)19-10/h4H,3,5-6H2,1-2H3,(H,11,15). The van der Waals surface area contributed by atoms with E-state index in [1.54, 1.807) is 18.4 Å². The quantitative estimate of drug-likeness (QED) is 0.636. The van der Waals surface area contributed by atoms with Crippen molar-refractivity contribution in [3.63, 3.8) is 0 Å². The number of rotatable bonds is 4. The molecule has 9 nitrogen and oxygen atoms in total. The zero-order valence-electron chi connectivity index (χ0n) is 10.6. The maximum absolute atomic E-state index is 11.2. The Morgan fingerprint density at radius 1 is 1.79 bits per heavy atom. The maximum atomic E-state index is 11.2. The fraction of sp³-hybridized carbons (Fsp3) is 0.600. The van der Waals surface area contributed by atoms with Gasteiger partial charge in [-0.05, 0) is 18.8 Å². The van der Waals surface area contributed by atoms with Crippen LogP contribution in [0.4, 0.5) is 10.6 Å². The third-order valence-electron chi connectivity index (χ3n) is 2.64. The first-order valence-electron chi connectivity index (χ1n) is 5.75.